The van der Waals surface area contributed by atoms with Crippen molar-refractivity contribution in [2.45, 2.75) is 13.0 Å². The highest BCUT2D eigenvalue weighted by Crippen LogP contribution is 2.13. The van der Waals surface area contributed by atoms with E-state index in [-0.39, 0.29) is 0 Å². The lowest BCUT2D eigenvalue weighted by Gasteiger charge is -2.17. The second-order valence-corrected chi connectivity index (χ2v) is 5.57. The zero-order chi connectivity index (χ0) is 15.1. The molecular weight excluding hydrogens is 284 g/mol. The van der Waals surface area contributed by atoms with Crippen molar-refractivity contribution >= 4 is 17.3 Å². The van der Waals surface area contributed by atoms with Crippen molar-refractivity contribution in [3.05, 3.63) is 59.1 Å². The molecule has 21 heavy (non-hydrogen) atoms. The maximum Gasteiger partial charge on any atom is 0.119 e. The van der Waals surface area contributed by atoms with E-state index in [1.165, 1.54) is 5.56 Å². The zero-order valence-electron chi connectivity index (χ0n) is 12.3. The second kappa shape index (κ2) is 7.91. The molecule has 2 N–H and O–H groups in total. The van der Waals surface area contributed by atoms with E-state index in [1.54, 1.807) is 0 Å². The first-order chi connectivity index (χ1) is 10.1. The Labute approximate surface area is 131 Å². The molecule has 0 fully saturated rings. The van der Waals surface area contributed by atoms with Gasteiger partial charge in [0.05, 0.1) is 6.61 Å². The molecule has 0 spiro atoms. The van der Waals surface area contributed by atoms with Crippen LogP contribution in [0.2, 0.25) is 5.02 Å². The summed E-state index contributed by atoms with van der Waals surface area (Å²) in [5, 5.41) is 0.776. The molecule has 3 nitrogen and oxygen atoms in total. The lowest BCUT2D eigenvalue weighted by Crippen LogP contribution is -2.20. The third kappa shape index (κ3) is 5.66. The number of ether oxygens (including phenoxy) is 1. The summed E-state index contributed by atoms with van der Waals surface area (Å²) < 4.78 is 5.68. The molecule has 112 valence electrons. The fraction of sp³-hybridized carbons (Fsp3) is 0.294. The van der Waals surface area contributed by atoms with Gasteiger partial charge in [-0.25, -0.2) is 0 Å². The summed E-state index contributed by atoms with van der Waals surface area (Å²) >= 11 is 5.88. The van der Waals surface area contributed by atoms with E-state index in [9.17, 15) is 0 Å². The molecule has 0 atom stereocenters. The van der Waals surface area contributed by atoms with Gasteiger partial charge in [0.15, 0.2) is 0 Å². The molecule has 0 aliphatic carbocycles. The van der Waals surface area contributed by atoms with Crippen LogP contribution in [-0.2, 0) is 6.54 Å². The summed E-state index contributed by atoms with van der Waals surface area (Å²) in [6, 6.07) is 15.5. The number of nitrogens with two attached hydrogens (primary N) is 1. The number of hydrogen-bond donors (Lipinski definition) is 1. The van der Waals surface area contributed by atoms with Crippen LogP contribution in [0.4, 0.5) is 5.69 Å². The van der Waals surface area contributed by atoms with E-state index in [2.05, 4.69) is 24.1 Å². The molecule has 0 aliphatic rings. The average molecular weight is 305 g/mol. The Morgan fingerprint density at radius 1 is 1.05 bits per heavy atom. The largest absolute Gasteiger partial charge is 0.494 e. The second-order valence-electron chi connectivity index (χ2n) is 5.14. The molecule has 0 heterocycles. The van der Waals surface area contributed by atoms with E-state index in [0.717, 1.165) is 36.0 Å². The van der Waals surface area contributed by atoms with Crippen LogP contribution in [0.1, 0.15) is 12.0 Å². The van der Waals surface area contributed by atoms with Crippen LogP contribution in [0.15, 0.2) is 48.5 Å². The van der Waals surface area contributed by atoms with Gasteiger partial charge in [-0.15, -0.1) is 0 Å². The number of benzene rings is 2. The first-order valence-electron chi connectivity index (χ1n) is 7.05. The van der Waals surface area contributed by atoms with E-state index >= 15 is 0 Å². The van der Waals surface area contributed by atoms with Crippen LogP contribution in [-0.4, -0.2) is 25.1 Å². The molecule has 0 radical (unpaired) electrons. The quantitative estimate of drug-likeness (QED) is 0.624. The topological polar surface area (TPSA) is 38.5 Å². The van der Waals surface area contributed by atoms with Crippen LogP contribution >= 0.6 is 11.6 Å². The first kappa shape index (κ1) is 15.7. The van der Waals surface area contributed by atoms with Gasteiger partial charge in [0.25, 0.3) is 0 Å². The Balaban J connectivity index is 1.66. The van der Waals surface area contributed by atoms with E-state index in [1.807, 2.05) is 36.4 Å². The molecule has 2 aromatic rings. The minimum atomic E-state index is 0.703. The van der Waals surface area contributed by atoms with Gasteiger partial charge in [0, 0.05) is 23.8 Å². The maximum atomic E-state index is 5.88. The summed E-state index contributed by atoms with van der Waals surface area (Å²) in [5.74, 6) is 0.865. The zero-order valence-corrected chi connectivity index (χ0v) is 13.0. The number of halogens is 1. The van der Waals surface area contributed by atoms with Crippen molar-refractivity contribution in [2.24, 2.45) is 0 Å². The summed E-state index contributed by atoms with van der Waals surface area (Å²) in [6.07, 6.45) is 0.981. The highest BCUT2D eigenvalue weighted by molar-refractivity contribution is 6.30. The third-order valence-corrected chi connectivity index (χ3v) is 3.45. The molecule has 4 heteroatoms. The van der Waals surface area contributed by atoms with Crippen LogP contribution < -0.4 is 10.5 Å². The number of hydrogen-bond acceptors (Lipinski definition) is 3. The third-order valence-electron chi connectivity index (χ3n) is 3.20. The van der Waals surface area contributed by atoms with Gasteiger partial charge in [0.1, 0.15) is 5.75 Å². The lowest BCUT2D eigenvalue weighted by molar-refractivity contribution is 0.259. The van der Waals surface area contributed by atoms with Gasteiger partial charge in [-0.05, 0) is 55.4 Å². The average Bonchev–Trinajstić information content (AvgIpc) is 2.48. The molecule has 2 rings (SSSR count). The minimum Gasteiger partial charge on any atom is -0.494 e. The van der Waals surface area contributed by atoms with E-state index < -0.39 is 0 Å². The Hall–Kier alpha value is -1.71. The Kier molecular flexibility index (Phi) is 5.90. The van der Waals surface area contributed by atoms with Gasteiger partial charge in [-0.2, -0.15) is 0 Å². The molecule has 0 aromatic heterocycles. The van der Waals surface area contributed by atoms with Crippen molar-refractivity contribution in [2.75, 3.05) is 25.9 Å². The van der Waals surface area contributed by atoms with Gasteiger partial charge in [-0.1, -0.05) is 23.7 Å². The predicted octanol–water partition coefficient (Wildman–Crippen LogP) is 3.82. The molecule has 0 bridgehead atoms. The number of nitrogen functional groups attached to an aromatic ring is 1. The molecule has 0 saturated carbocycles. The summed E-state index contributed by atoms with van der Waals surface area (Å²) in [5.41, 5.74) is 7.65. The van der Waals surface area contributed by atoms with E-state index in [0.29, 0.717) is 6.61 Å². The SMILES string of the molecule is CN(CCCOc1ccc(N)cc1)Cc1ccc(Cl)cc1. The van der Waals surface area contributed by atoms with Crippen molar-refractivity contribution in [3.8, 4) is 5.75 Å². The van der Waals surface area contributed by atoms with Crippen LogP contribution in [0, 0.1) is 0 Å². The Morgan fingerprint density at radius 2 is 1.71 bits per heavy atom. The van der Waals surface area contributed by atoms with Gasteiger partial charge in [-0.3, -0.25) is 0 Å². The Bertz CT molecular complexity index is 540. The van der Waals surface area contributed by atoms with Crippen LogP contribution in [0.25, 0.3) is 0 Å². The summed E-state index contributed by atoms with van der Waals surface area (Å²) in [6.45, 7) is 2.60. The van der Waals surface area contributed by atoms with Crippen molar-refractivity contribution < 1.29 is 4.74 Å². The van der Waals surface area contributed by atoms with Crippen molar-refractivity contribution in [3.63, 3.8) is 0 Å². The fourth-order valence-corrected chi connectivity index (χ4v) is 2.20. The molecule has 2 aromatic carbocycles. The molecule has 0 amide bonds. The molecule has 0 aliphatic heterocycles. The first-order valence-corrected chi connectivity index (χ1v) is 7.42. The summed E-state index contributed by atoms with van der Waals surface area (Å²) in [7, 11) is 2.11. The van der Waals surface area contributed by atoms with Crippen molar-refractivity contribution in [1.82, 2.24) is 4.90 Å². The van der Waals surface area contributed by atoms with Gasteiger partial charge >= 0.3 is 0 Å². The van der Waals surface area contributed by atoms with Gasteiger partial charge < -0.3 is 15.4 Å². The normalized spacial score (nSPS) is 10.8. The fourth-order valence-electron chi connectivity index (χ4n) is 2.07. The minimum absolute atomic E-state index is 0.703. The highest BCUT2D eigenvalue weighted by Gasteiger charge is 2.01. The number of anilines is 1. The van der Waals surface area contributed by atoms with Crippen LogP contribution in [0.3, 0.4) is 0 Å². The van der Waals surface area contributed by atoms with E-state index in [4.69, 9.17) is 22.1 Å². The summed E-state index contributed by atoms with van der Waals surface area (Å²) in [4.78, 5) is 2.27. The van der Waals surface area contributed by atoms with Crippen LogP contribution in [0.5, 0.6) is 5.75 Å². The molecule has 0 saturated heterocycles. The smallest absolute Gasteiger partial charge is 0.119 e. The molecule has 0 unspecified atom stereocenters. The lowest BCUT2D eigenvalue weighted by atomic mass is 10.2. The van der Waals surface area contributed by atoms with Gasteiger partial charge in [0.2, 0.25) is 0 Å². The monoisotopic (exact) mass is 304 g/mol. The molecular formula is C17H21ClN2O. The highest BCUT2D eigenvalue weighted by atomic mass is 35.5. The van der Waals surface area contributed by atoms with Crippen molar-refractivity contribution in [1.29, 1.82) is 0 Å². The predicted molar refractivity (Wildman–Crippen MR) is 88.8 cm³/mol. The number of nitrogens with zero attached hydrogens (tertiary/aromatic N) is 1. The number of rotatable bonds is 7. The Morgan fingerprint density at radius 3 is 2.38 bits per heavy atom. The maximum absolute atomic E-state index is 5.88. The standard InChI is InChI=1S/C17H21ClN2O/c1-20(13-14-3-5-15(18)6-4-14)11-2-12-21-17-9-7-16(19)8-10-17/h3-10H,2,11-13,19H2,1H3.